The van der Waals surface area contributed by atoms with Crippen LogP contribution in [0, 0.1) is 13.8 Å². The summed E-state index contributed by atoms with van der Waals surface area (Å²) in [5.41, 5.74) is 13.1. The van der Waals surface area contributed by atoms with E-state index in [0.717, 1.165) is 83.7 Å². The third-order valence-corrected chi connectivity index (χ3v) is 10.6. The van der Waals surface area contributed by atoms with Gasteiger partial charge in [-0.15, -0.1) is 11.3 Å². The van der Waals surface area contributed by atoms with Gasteiger partial charge in [0.2, 0.25) is 0 Å². The predicted molar refractivity (Wildman–Crippen MR) is 211 cm³/mol. The first kappa shape index (κ1) is 30.7. The van der Waals surface area contributed by atoms with Gasteiger partial charge in [-0.25, -0.2) is 4.98 Å². The predicted octanol–water partition coefficient (Wildman–Crippen LogP) is 12.8. The summed E-state index contributed by atoms with van der Waals surface area (Å²) >= 11 is 1.77. The zero-order valence-corrected chi connectivity index (χ0v) is 28.9. The maximum absolute atomic E-state index is 11.0. The van der Waals surface area contributed by atoms with Crippen molar-refractivity contribution in [3.63, 3.8) is 0 Å². The molecule has 5 aromatic carbocycles. The van der Waals surface area contributed by atoms with Crippen molar-refractivity contribution in [3.8, 4) is 71.5 Å². The van der Waals surface area contributed by atoms with E-state index in [-0.39, 0.29) is 5.75 Å². The molecule has 0 saturated heterocycles. The fraction of sp³-hybridized carbons (Fsp3) is 0.0435. The summed E-state index contributed by atoms with van der Waals surface area (Å²) in [5.74, 6) is 0.248. The second-order valence-corrected chi connectivity index (χ2v) is 14.0. The van der Waals surface area contributed by atoms with Gasteiger partial charge in [-0.2, -0.15) is 0 Å². The second-order valence-electron chi connectivity index (χ2n) is 12.9. The third kappa shape index (κ3) is 5.78. The van der Waals surface area contributed by atoms with Crippen molar-refractivity contribution in [1.29, 1.82) is 0 Å². The van der Waals surface area contributed by atoms with Crippen LogP contribution in [0.15, 0.2) is 156 Å². The molecule has 0 aliphatic carbocycles. The van der Waals surface area contributed by atoms with Crippen LogP contribution in [0.4, 0.5) is 0 Å². The normalized spacial score (nSPS) is 11.4. The molecule has 0 saturated carbocycles. The minimum absolute atomic E-state index is 0.248. The van der Waals surface area contributed by atoms with Crippen molar-refractivity contribution >= 4 is 33.3 Å². The lowest BCUT2D eigenvalue weighted by Gasteiger charge is -2.13. The minimum atomic E-state index is 0.248. The third-order valence-electron chi connectivity index (χ3n) is 9.41. The van der Waals surface area contributed by atoms with Crippen LogP contribution in [0.3, 0.4) is 0 Å². The highest BCUT2D eigenvalue weighted by Gasteiger charge is 2.15. The molecule has 4 heterocycles. The van der Waals surface area contributed by atoms with E-state index in [9.17, 15) is 5.11 Å². The van der Waals surface area contributed by atoms with E-state index in [4.69, 9.17) is 14.4 Å². The van der Waals surface area contributed by atoms with E-state index in [1.165, 1.54) is 9.75 Å². The lowest BCUT2D eigenvalue weighted by Crippen LogP contribution is -1.93. The van der Waals surface area contributed by atoms with Crippen LogP contribution in [0.2, 0.25) is 0 Å². The number of aromatic nitrogens is 2. The molecule has 9 rings (SSSR count). The molecule has 0 spiro atoms. The molecule has 0 amide bonds. The van der Waals surface area contributed by atoms with Crippen LogP contribution in [-0.4, -0.2) is 15.1 Å². The number of nitrogens with zero attached hydrogens (tertiary/aromatic N) is 2. The first-order valence-corrected chi connectivity index (χ1v) is 17.8. The number of phenolic OH excluding ortho intramolecular Hbond substituents is 1. The molecule has 0 bridgehead atoms. The molecular formula is C46H32N2O2S. The van der Waals surface area contributed by atoms with Crippen LogP contribution in [-0.2, 0) is 0 Å². The highest BCUT2D eigenvalue weighted by molar-refractivity contribution is 7.18. The number of rotatable bonds is 6. The Morgan fingerprint density at radius 3 is 1.98 bits per heavy atom. The fourth-order valence-corrected chi connectivity index (χ4v) is 7.79. The van der Waals surface area contributed by atoms with Gasteiger partial charge in [0, 0.05) is 42.9 Å². The molecule has 4 aromatic heterocycles. The van der Waals surface area contributed by atoms with E-state index in [1.807, 2.05) is 68.4 Å². The molecule has 0 aliphatic rings. The van der Waals surface area contributed by atoms with Gasteiger partial charge >= 0.3 is 0 Å². The number of para-hydroxylation sites is 2. The molecule has 51 heavy (non-hydrogen) atoms. The van der Waals surface area contributed by atoms with E-state index in [0.29, 0.717) is 5.56 Å². The van der Waals surface area contributed by atoms with Gasteiger partial charge in [-0.1, -0.05) is 84.9 Å². The summed E-state index contributed by atoms with van der Waals surface area (Å²) in [5, 5.41) is 13.3. The molecule has 0 atom stereocenters. The monoisotopic (exact) mass is 676 g/mol. The Labute approximate surface area is 300 Å². The van der Waals surface area contributed by atoms with Crippen LogP contribution >= 0.6 is 11.3 Å². The molecule has 0 radical (unpaired) electrons. The van der Waals surface area contributed by atoms with E-state index < -0.39 is 0 Å². The Morgan fingerprint density at radius 1 is 0.471 bits per heavy atom. The quantitative estimate of drug-likeness (QED) is 0.190. The van der Waals surface area contributed by atoms with Crippen LogP contribution in [0.5, 0.6) is 5.75 Å². The lowest BCUT2D eigenvalue weighted by atomic mass is 9.97. The van der Waals surface area contributed by atoms with Crippen molar-refractivity contribution < 1.29 is 9.52 Å². The molecule has 5 heteroatoms. The average Bonchev–Trinajstić information content (AvgIpc) is 3.81. The van der Waals surface area contributed by atoms with Gasteiger partial charge in [0.25, 0.3) is 0 Å². The second kappa shape index (κ2) is 12.5. The van der Waals surface area contributed by atoms with E-state index >= 15 is 0 Å². The first-order valence-electron chi connectivity index (χ1n) is 16.9. The number of aromatic hydroxyl groups is 1. The zero-order chi connectivity index (χ0) is 34.5. The van der Waals surface area contributed by atoms with Crippen molar-refractivity contribution in [2.75, 3.05) is 0 Å². The Morgan fingerprint density at radius 2 is 1.14 bits per heavy atom. The largest absolute Gasteiger partial charge is 0.507 e. The summed E-state index contributed by atoms with van der Waals surface area (Å²) in [6, 6.07) is 52.0. The van der Waals surface area contributed by atoms with E-state index in [1.54, 1.807) is 11.3 Å². The van der Waals surface area contributed by atoms with Crippen molar-refractivity contribution in [1.82, 2.24) is 9.97 Å². The Balaban J connectivity index is 1.08. The van der Waals surface area contributed by atoms with Crippen LogP contribution in [0.25, 0.3) is 87.7 Å². The molecule has 9 aromatic rings. The number of pyridine rings is 2. The number of furan rings is 1. The van der Waals surface area contributed by atoms with Gasteiger partial charge in [-0.3, -0.25) is 4.98 Å². The summed E-state index contributed by atoms with van der Waals surface area (Å²) in [7, 11) is 0. The van der Waals surface area contributed by atoms with Gasteiger partial charge in [0.15, 0.2) is 0 Å². The molecule has 4 nitrogen and oxygen atoms in total. The molecule has 1 N–H and O–H groups in total. The lowest BCUT2D eigenvalue weighted by molar-refractivity contribution is 0.473. The number of hydrogen-bond acceptors (Lipinski definition) is 5. The van der Waals surface area contributed by atoms with Gasteiger partial charge < -0.3 is 9.52 Å². The number of aryl methyl sites for hydroxylation is 2. The minimum Gasteiger partial charge on any atom is -0.507 e. The van der Waals surface area contributed by atoms with Gasteiger partial charge in [0.1, 0.15) is 16.9 Å². The van der Waals surface area contributed by atoms with Crippen LogP contribution < -0.4 is 0 Å². The number of thiophene rings is 1. The summed E-state index contributed by atoms with van der Waals surface area (Å²) in [4.78, 5) is 12.4. The number of benzene rings is 5. The maximum atomic E-state index is 11.0. The summed E-state index contributed by atoms with van der Waals surface area (Å²) in [6.45, 7) is 3.96. The summed E-state index contributed by atoms with van der Waals surface area (Å²) in [6.07, 6.45) is 0. The molecule has 0 aliphatic heterocycles. The number of fused-ring (bicyclic) bond motifs is 3. The highest BCUT2D eigenvalue weighted by Crippen LogP contribution is 2.40. The topological polar surface area (TPSA) is 59.2 Å². The SMILES string of the molecule is Cc1cc(-c2ccc(-c3ccc4c(c3)oc3ccccc34)s2)cc(-c2cccc(-c3cc(-c4ccccc4)cc(-c4cccc(C)c4O)n3)c2)n1. The average molecular weight is 677 g/mol. The summed E-state index contributed by atoms with van der Waals surface area (Å²) < 4.78 is 6.18. The smallest absolute Gasteiger partial charge is 0.136 e. The molecule has 0 fully saturated rings. The number of phenols is 1. The maximum Gasteiger partial charge on any atom is 0.136 e. The van der Waals surface area contributed by atoms with Crippen molar-refractivity contribution in [2.24, 2.45) is 0 Å². The Kier molecular flexibility index (Phi) is 7.56. The zero-order valence-electron chi connectivity index (χ0n) is 28.1. The fourth-order valence-electron chi connectivity index (χ4n) is 6.80. The van der Waals surface area contributed by atoms with Crippen LogP contribution in [0.1, 0.15) is 11.3 Å². The van der Waals surface area contributed by atoms with E-state index in [2.05, 4.69) is 97.1 Å². The van der Waals surface area contributed by atoms with Crippen molar-refractivity contribution in [3.05, 3.63) is 163 Å². The standard InChI is InChI=1S/C46H32N2O2S/c1-28-10-8-16-38(46(28)49)41-25-34(30-11-4-3-5-12-30)24-40(48-41)32-14-9-13-31(23-32)39-26-35(22-29(2)47-39)45-21-20-44(51-45)33-18-19-37-36-15-6-7-17-42(36)50-43(37)27-33/h3-27,49H,1-2H3. The Bertz CT molecular complexity index is 2740. The molecule has 0 unspecified atom stereocenters. The highest BCUT2D eigenvalue weighted by atomic mass is 32.1. The Hall–Kier alpha value is -6.30. The molecular weight excluding hydrogens is 645 g/mol. The molecule has 244 valence electrons. The first-order chi connectivity index (χ1) is 25.0. The van der Waals surface area contributed by atoms with Crippen molar-refractivity contribution in [2.45, 2.75) is 13.8 Å². The van der Waals surface area contributed by atoms with Gasteiger partial charge in [0.05, 0.1) is 17.1 Å². The van der Waals surface area contributed by atoms with Gasteiger partial charge in [-0.05, 0) is 108 Å². The number of hydrogen-bond donors (Lipinski definition) is 1.